The minimum absolute atomic E-state index is 0.0439. The molecule has 1 rings (SSSR count). The predicted molar refractivity (Wildman–Crippen MR) is 63.5 cm³/mol. The molecule has 0 heterocycles. The van der Waals surface area contributed by atoms with Gasteiger partial charge in [-0.1, -0.05) is 11.6 Å². The van der Waals surface area contributed by atoms with E-state index in [1.165, 1.54) is 0 Å². The van der Waals surface area contributed by atoms with Gasteiger partial charge in [0.05, 0.1) is 5.56 Å². The lowest BCUT2D eigenvalue weighted by Crippen LogP contribution is -2.24. The molecule has 0 aromatic heterocycles. The molecular formula is C12H18N2O. The lowest BCUT2D eigenvalue weighted by Gasteiger charge is -2.19. The van der Waals surface area contributed by atoms with E-state index in [0.717, 1.165) is 16.8 Å². The molecule has 1 aromatic carbocycles. The third kappa shape index (κ3) is 2.49. The Balaban J connectivity index is 3.24. The maximum Gasteiger partial charge on any atom is 0.255 e. The minimum Gasteiger partial charge on any atom is -0.377 e. The summed E-state index contributed by atoms with van der Waals surface area (Å²) in [7, 11) is 7.42. The topological polar surface area (TPSA) is 23.6 Å². The first kappa shape index (κ1) is 11.6. The zero-order chi connectivity index (χ0) is 11.6. The van der Waals surface area contributed by atoms with E-state index in [1.54, 1.807) is 19.0 Å². The first-order chi connectivity index (χ1) is 6.93. The fraction of sp³-hybridized carbons (Fsp3) is 0.417. The van der Waals surface area contributed by atoms with Crippen molar-refractivity contribution in [1.82, 2.24) is 4.90 Å². The van der Waals surface area contributed by atoms with Crippen molar-refractivity contribution in [2.45, 2.75) is 6.92 Å². The number of aryl methyl sites for hydroxylation is 1. The molecule has 15 heavy (non-hydrogen) atoms. The third-order valence-electron chi connectivity index (χ3n) is 2.27. The van der Waals surface area contributed by atoms with Crippen molar-refractivity contribution in [3.8, 4) is 0 Å². The number of hydrogen-bond donors (Lipinski definition) is 0. The first-order valence-electron chi connectivity index (χ1n) is 4.93. The smallest absolute Gasteiger partial charge is 0.255 e. The summed E-state index contributed by atoms with van der Waals surface area (Å²) in [5.74, 6) is 0.0439. The highest BCUT2D eigenvalue weighted by Crippen LogP contribution is 2.20. The Morgan fingerprint density at radius 1 is 1.13 bits per heavy atom. The van der Waals surface area contributed by atoms with E-state index < -0.39 is 0 Å². The molecule has 0 unspecified atom stereocenters. The molecule has 0 bridgehead atoms. The van der Waals surface area contributed by atoms with Crippen LogP contribution in [0.5, 0.6) is 0 Å². The summed E-state index contributed by atoms with van der Waals surface area (Å²) in [4.78, 5) is 15.5. The SMILES string of the molecule is Cc1ccc(N(C)C)c(C(=O)N(C)C)c1. The van der Waals surface area contributed by atoms with Gasteiger partial charge in [0, 0.05) is 33.9 Å². The molecule has 82 valence electrons. The molecule has 0 aliphatic carbocycles. The monoisotopic (exact) mass is 206 g/mol. The van der Waals surface area contributed by atoms with Crippen LogP contribution in [0.1, 0.15) is 15.9 Å². The summed E-state index contributed by atoms with van der Waals surface area (Å²) in [6, 6.07) is 5.92. The van der Waals surface area contributed by atoms with Gasteiger partial charge in [-0.05, 0) is 19.1 Å². The molecule has 0 fully saturated rings. The summed E-state index contributed by atoms with van der Waals surface area (Å²) in [6.45, 7) is 1.99. The number of rotatable bonds is 2. The van der Waals surface area contributed by atoms with Gasteiger partial charge in [0.2, 0.25) is 0 Å². The van der Waals surface area contributed by atoms with Gasteiger partial charge >= 0.3 is 0 Å². The molecule has 0 spiro atoms. The Morgan fingerprint density at radius 2 is 1.73 bits per heavy atom. The quantitative estimate of drug-likeness (QED) is 0.736. The van der Waals surface area contributed by atoms with Crippen molar-refractivity contribution in [2.24, 2.45) is 0 Å². The molecular weight excluding hydrogens is 188 g/mol. The van der Waals surface area contributed by atoms with Crippen molar-refractivity contribution >= 4 is 11.6 Å². The predicted octanol–water partition coefficient (Wildman–Crippen LogP) is 1.76. The number of carbonyl (C=O) groups is 1. The molecule has 1 aromatic rings. The zero-order valence-electron chi connectivity index (χ0n) is 10.0. The summed E-state index contributed by atoms with van der Waals surface area (Å²) in [6.07, 6.45) is 0. The standard InChI is InChI=1S/C12H18N2O/c1-9-6-7-11(13(2)3)10(8-9)12(15)14(4)5/h6-8H,1-5H3. The largest absolute Gasteiger partial charge is 0.377 e. The Labute approximate surface area is 91.3 Å². The Hall–Kier alpha value is -1.51. The summed E-state index contributed by atoms with van der Waals surface area (Å²) in [5, 5.41) is 0. The van der Waals surface area contributed by atoms with E-state index >= 15 is 0 Å². The molecule has 0 N–H and O–H groups in total. The minimum atomic E-state index is 0.0439. The van der Waals surface area contributed by atoms with E-state index in [-0.39, 0.29) is 5.91 Å². The first-order valence-corrected chi connectivity index (χ1v) is 4.93. The van der Waals surface area contributed by atoms with Crippen molar-refractivity contribution in [3.05, 3.63) is 29.3 Å². The van der Waals surface area contributed by atoms with Crippen molar-refractivity contribution in [2.75, 3.05) is 33.1 Å². The number of benzene rings is 1. The lowest BCUT2D eigenvalue weighted by molar-refractivity contribution is 0.0828. The van der Waals surface area contributed by atoms with Gasteiger partial charge in [-0.2, -0.15) is 0 Å². The van der Waals surface area contributed by atoms with Crippen molar-refractivity contribution in [3.63, 3.8) is 0 Å². The van der Waals surface area contributed by atoms with E-state index in [1.807, 2.05) is 44.1 Å². The molecule has 0 radical (unpaired) electrons. The molecule has 0 atom stereocenters. The number of anilines is 1. The lowest BCUT2D eigenvalue weighted by atomic mass is 10.1. The second-order valence-corrected chi connectivity index (χ2v) is 4.11. The molecule has 0 saturated heterocycles. The number of hydrogen-bond acceptors (Lipinski definition) is 2. The fourth-order valence-electron chi connectivity index (χ4n) is 1.45. The molecule has 0 saturated carbocycles. The normalized spacial score (nSPS) is 9.93. The van der Waals surface area contributed by atoms with E-state index in [2.05, 4.69) is 0 Å². The average Bonchev–Trinajstić information content (AvgIpc) is 2.15. The van der Waals surface area contributed by atoms with Crippen LogP contribution in [0.3, 0.4) is 0 Å². The van der Waals surface area contributed by atoms with Crippen LogP contribution in [0.15, 0.2) is 18.2 Å². The van der Waals surface area contributed by atoms with E-state index in [0.29, 0.717) is 0 Å². The van der Waals surface area contributed by atoms with Crippen LogP contribution >= 0.6 is 0 Å². The fourth-order valence-corrected chi connectivity index (χ4v) is 1.45. The number of nitrogens with zero attached hydrogens (tertiary/aromatic N) is 2. The zero-order valence-corrected chi connectivity index (χ0v) is 10.0. The van der Waals surface area contributed by atoms with Gasteiger partial charge in [0.25, 0.3) is 5.91 Å². The highest BCUT2D eigenvalue weighted by atomic mass is 16.2. The Kier molecular flexibility index (Phi) is 3.35. The van der Waals surface area contributed by atoms with Crippen LogP contribution in [0.4, 0.5) is 5.69 Å². The van der Waals surface area contributed by atoms with Gasteiger partial charge in [0.15, 0.2) is 0 Å². The maximum absolute atomic E-state index is 11.9. The van der Waals surface area contributed by atoms with Crippen molar-refractivity contribution < 1.29 is 4.79 Å². The molecule has 1 amide bonds. The van der Waals surface area contributed by atoms with Crippen LogP contribution in [0.25, 0.3) is 0 Å². The second-order valence-electron chi connectivity index (χ2n) is 4.11. The molecule has 0 aliphatic rings. The van der Waals surface area contributed by atoms with E-state index in [4.69, 9.17) is 0 Å². The summed E-state index contributed by atoms with van der Waals surface area (Å²) >= 11 is 0. The molecule has 3 nitrogen and oxygen atoms in total. The van der Waals surface area contributed by atoms with Gasteiger partial charge in [-0.3, -0.25) is 4.79 Å². The highest BCUT2D eigenvalue weighted by molar-refractivity contribution is 5.99. The third-order valence-corrected chi connectivity index (χ3v) is 2.27. The van der Waals surface area contributed by atoms with E-state index in [9.17, 15) is 4.79 Å². The van der Waals surface area contributed by atoms with Gasteiger partial charge in [0.1, 0.15) is 0 Å². The Bertz CT molecular complexity index is 370. The second kappa shape index (κ2) is 4.34. The molecule has 3 heteroatoms. The van der Waals surface area contributed by atoms with Crippen LogP contribution in [-0.4, -0.2) is 39.0 Å². The van der Waals surface area contributed by atoms with Crippen LogP contribution in [0.2, 0.25) is 0 Å². The van der Waals surface area contributed by atoms with Crippen LogP contribution in [0, 0.1) is 6.92 Å². The van der Waals surface area contributed by atoms with Gasteiger partial charge < -0.3 is 9.80 Å². The average molecular weight is 206 g/mol. The van der Waals surface area contributed by atoms with Gasteiger partial charge in [-0.15, -0.1) is 0 Å². The Morgan fingerprint density at radius 3 is 2.20 bits per heavy atom. The number of amides is 1. The van der Waals surface area contributed by atoms with Gasteiger partial charge in [-0.25, -0.2) is 0 Å². The maximum atomic E-state index is 11.9. The van der Waals surface area contributed by atoms with Crippen molar-refractivity contribution in [1.29, 1.82) is 0 Å². The van der Waals surface area contributed by atoms with Crippen LogP contribution in [-0.2, 0) is 0 Å². The highest BCUT2D eigenvalue weighted by Gasteiger charge is 2.14. The van der Waals surface area contributed by atoms with Crippen LogP contribution < -0.4 is 4.90 Å². The summed E-state index contributed by atoms with van der Waals surface area (Å²) in [5.41, 5.74) is 2.81. The summed E-state index contributed by atoms with van der Waals surface area (Å²) < 4.78 is 0. The molecule has 0 aliphatic heterocycles. The number of carbonyl (C=O) groups excluding carboxylic acids is 1.